The zero-order valence-electron chi connectivity index (χ0n) is 10.2. The van der Waals surface area contributed by atoms with E-state index in [1.165, 1.54) is 17.5 Å². The van der Waals surface area contributed by atoms with Crippen LogP contribution in [-0.4, -0.2) is 21.1 Å². The quantitative estimate of drug-likeness (QED) is 0.844. The molecule has 2 aromatic rings. The van der Waals surface area contributed by atoms with Crippen LogP contribution in [0.4, 0.5) is 5.95 Å². The van der Waals surface area contributed by atoms with Gasteiger partial charge in [-0.2, -0.15) is 4.98 Å². The molecule has 5 heteroatoms. The number of carbonyl (C=O) groups is 1. The predicted molar refractivity (Wildman–Crippen MR) is 67.5 cm³/mol. The van der Waals surface area contributed by atoms with Gasteiger partial charge in [0, 0.05) is 5.56 Å². The second-order valence-electron chi connectivity index (χ2n) is 4.54. The lowest BCUT2D eigenvalue weighted by Crippen LogP contribution is -2.13. The highest BCUT2D eigenvalue weighted by Gasteiger charge is 2.14. The minimum atomic E-state index is -0.163. The molecule has 5 nitrogen and oxygen atoms in total. The molecule has 0 bridgehead atoms. The molecule has 0 radical (unpaired) electrons. The first-order chi connectivity index (χ1) is 8.72. The summed E-state index contributed by atoms with van der Waals surface area (Å²) in [5.41, 5.74) is 3.31. The van der Waals surface area contributed by atoms with Crippen molar-refractivity contribution < 1.29 is 4.79 Å². The standard InChI is InChI=1S/C13H14N4O/c1-8-14-13(17-16-8)15-12(18)11-6-5-9-3-2-4-10(9)7-11/h5-7H,2-4H2,1H3,(H2,14,15,16,17,18). The monoisotopic (exact) mass is 242 g/mol. The molecule has 1 aliphatic carbocycles. The number of fused-ring (bicyclic) bond motifs is 1. The molecule has 3 rings (SSSR count). The Bertz CT molecular complexity index is 603. The van der Waals surface area contributed by atoms with E-state index in [0.717, 1.165) is 12.8 Å². The number of nitrogens with one attached hydrogen (secondary N) is 2. The third-order valence-electron chi connectivity index (χ3n) is 3.18. The average molecular weight is 242 g/mol. The third-order valence-corrected chi connectivity index (χ3v) is 3.18. The topological polar surface area (TPSA) is 70.7 Å². The van der Waals surface area contributed by atoms with Crippen molar-refractivity contribution in [3.63, 3.8) is 0 Å². The summed E-state index contributed by atoms with van der Waals surface area (Å²) in [4.78, 5) is 16.1. The third kappa shape index (κ3) is 1.99. The fourth-order valence-electron chi connectivity index (χ4n) is 2.29. The van der Waals surface area contributed by atoms with E-state index in [1.54, 1.807) is 6.92 Å². The highest BCUT2D eigenvalue weighted by atomic mass is 16.1. The Morgan fingerprint density at radius 2 is 2.17 bits per heavy atom. The van der Waals surface area contributed by atoms with Crippen LogP contribution in [0, 0.1) is 6.92 Å². The van der Waals surface area contributed by atoms with E-state index in [1.807, 2.05) is 18.2 Å². The average Bonchev–Trinajstić information content (AvgIpc) is 2.96. The molecule has 1 aliphatic rings. The van der Waals surface area contributed by atoms with E-state index in [2.05, 4.69) is 20.5 Å². The normalized spacial score (nSPS) is 13.4. The van der Waals surface area contributed by atoms with Crippen molar-refractivity contribution in [1.82, 2.24) is 15.2 Å². The summed E-state index contributed by atoms with van der Waals surface area (Å²) in [6, 6.07) is 5.87. The van der Waals surface area contributed by atoms with Crippen molar-refractivity contribution in [2.75, 3.05) is 5.32 Å². The summed E-state index contributed by atoms with van der Waals surface area (Å²) < 4.78 is 0. The first-order valence-electron chi connectivity index (χ1n) is 6.04. The molecule has 0 unspecified atom stereocenters. The van der Waals surface area contributed by atoms with E-state index in [-0.39, 0.29) is 5.91 Å². The summed E-state index contributed by atoms with van der Waals surface area (Å²) in [6.07, 6.45) is 3.37. The van der Waals surface area contributed by atoms with Crippen molar-refractivity contribution >= 4 is 11.9 Å². The lowest BCUT2D eigenvalue weighted by Gasteiger charge is -2.04. The molecule has 1 heterocycles. The van der Waals surface area contributed by atoms with Gasteiger partial charge in [-0.05, 0) is 49.4 Å². The number of hydrogen-bond donors (Lipinski definition) is 2. The molecule has 0 saturated heterocycles. The van der Waals surface area contributed by atoms with Crippen LogP contribution >= 0.6 is 0 Å². The SMILES string of the molecule is Cc1nc(NC(=O)c2ccc3c(c2)CCC3)n[nH]1. The first-order valence-corrected chi connectivity index (χ1v) is 6.04. The van der Waals surface area contributed by atoms with Crippen LogP contribution in [0.1, 0.15) is 33.7 Å². The number of hydrogen-bond acceptors (Lipinski definition) is 3. The van der Waals surface area contributed by atoms with Gasteiger partial charge in [0.25, 0.3) is 5.91 Å². The number of aromatic amines is 1. The molecule has 1 aromatic carbocycles. The van der Waals surface area contributed by atoms with Gasteiger partial charge in [0.15, 0.2) is 0 Å². The van der Waals surface area contributed by atoms with E-state index >= 15 is 0 Å². The molecule has 0 saturated carbocycles. The number of rotatable bonds is 2. The summed E-state index contributed by atoms with van der Waals surface area (Å²) in [5, 5.41) is 9.25. The lowest BCUT2D eigenvalue weighted by atomic mass is 10.1. The van der Waals surface area contributed by atoms with Crippen LogP contribution < -0.4 is 5.32 Å². The summed E-state index contributed by atoms with van der Waals surface area (Å²) >= 11 is 0. The van der Waals surface area contributed by atoms with Gasteiger partial charge in [-0.3, -0.25) is 15.2 Å². The zero-order chi connectivity index (χ0) is 12.5. The number of anilines is 1. The Morgan fingerprint density at radius 3 is 2.94 bits per heavy atom. The van der Waals surface area contributed by atoms with Gasteiger partial charge in [-0.15, -0.1) is 5.10 Å². The molecular formula is C13H14N4O. The number of carbonyl (C=O) groups excluding carboxylic acids is 1. The second-order valence-corrected chi connectivity index (χ2v) is 4.54. The largest absolute Gasteiger partial charge is 0.289 e. The van der Waals surface area contributed by atoms with Crippen LogP contribution in [0.15, 0.2) is 18.2 Å². The predicted octanol–water partition coefficient (Wildman–Crippen LogP) is 1.85. The van der Waals surface area contributed by atoms with Gasteiger partial charge in [0.05, 0.1) is 0 Å². The molecule has 2 N–H and O–H groups in total. The maximum atomic E-state index is 12.0. The highest BCUT2D eigenvalue weighted by Crippen LogP contribution is 2.23. The Morgan fingerprint density at radius 1 is 1.33 bits per heavy atom. The minimum absolute atomic E-state index is 0.163. The van der Waals surface area contributed by atoms with Crippen LogP contribution in [0.5, 0.6) is 0 Å². The lowest BCUT2D eigenvalue weighted by molar-refractivity contribution is 0.102. The molecular weight excluding hydrogens is 228 g/mol. The summed E-state index contributed by atoms with van der Waals surface area (Å²) in [6.45, 7) is 1.79. The Labute approximate surface area is 105 Å². The summed E-state index contributed by atoms with van der Waals surface area (Å²) in [5.74, 6) is 0.834. The molecule has 0 spiro atoms. The molecule has 92 valence electrons. The van der Waals surface area contributed by atoms with E-state index < -0.39 is 0 Å². The molecule has 0 atom stereocenters. The van der Waals surface area contributed by atoms with Crippen LogP contribution in [0.25, 0.3) is 0 Å². The van der Waals surface area contributed by atoms with Gasteiger partial charge in [0.1, 0.15) is 5.82 Å². The number of aryl methyl sites for hydroxylation is 3. The number of H-pyrrole nitrogens is 1. The smallest absolute Gasteiger partial charge is 0.258 e. The Balaban J connectivity index is 1.80. The zero-order valence-corrected chi connectivity index (χ0v) is 10.2. The highest BCUT2D eigenvalue weighted by molar-refractivity contribution is 6.03. The fraction of sp³-hybridized carbons (Fsp3) is 0.308. The first kappa shape index (κ1) is 11.0. The van der Waals surface area contributed by atoms with Crippen LogP contribution in [0.2, 0.25) is 0 Å². The van der Waals surface area contributed by atoms with Crippen molar-refractivity contribution in [2.45, 2.75) is 26.2 Å². The Hall–Kier alpha value is -2.17. The van der Waals surface area contributed by atoms with E-state index in [4.69, 9.17) is 0 Å². The van der Waals surface area contributed by atoms with E-state index in [0.29, 0.717) is 17.3 Å². The van der Waals surface area contributed by atoms with Gasteiger partial charge in [-0.1, -0.05) is 6.07 Å². The Kier molecular flexibility index (Phi) is 2.59. The second kappa shape index (κ2) is 4.25. The van der Waals surface area contributed by atoms with Crippen LogP contribution in [0.3, 0.4) is 0 Å². The number of aromatic nitrogens is 3. The van der Waals surface area contributed by atoms with Crippen LogP contribution in [-0.2, 0) is 12.8 Å². The van der Waals surface area contributed by atoms with Crippen molar-refractivity contribution in [2.24, 2.45) is 0 Å². The molecule has 1 amide bonds. The van der Waals surface area contributed by atoms with Gasteiger partial charge in [0.2, 0.25) is 5.95 Å². The van der Waals surface area contributed by atoms with Gasteiger partial charge in [-0.25, -0.2) is 0 Å². The van der Waals surface area contributed by atoms with Crippen molar-refractivity contribution in [3.8, 4) is 0 Å². The van der Waals surface area contributed by atoms with Gasteiger partial charge < -0.3 is 0 Å². The minimum Gasteiger partial charge on any atom is -0.289 e. The van der Waals surface area contributed by atoms with Crippen molar-refractivity contribution in [3.05, 3.63) is 40.7 Å². The number of nitrogens with zero attached hydrogens (tertiary/aromatic N) is 2. The molecule has 0 aliphatic heterocycles. The number of benzene rings is 1. The molecule has 18 heavy (non-hydrogen) atoms. The fourth-order valence-corrected chi connectivity index (χ4v) is 2.29. The van der Waals surface area contributed by atoms with Crippen molar-refractivity contribution in [1.29, 1.82) is 0 Å². The van der Waals surface area contributed by atoms with Gasteiger partial charge >= 0.3 is 0 Å². The molecule has 0 fully saturated rings. The van der Waals surface area contributed by atoms with E-state index in [9.17, 15) is 4.79 Å². The molecule has 1 aromatic heterocycles. The summed E-state index contributed by atoms with van der Waals surface area (Å²) in [7, 11) is 0. The maximum Gasteiger partial charge on any atom is 0.258 e. The maximum absolute atomic E-state index is 12.0. The number of amides is 1.